The van der Waals surface area contributed by atoms with E-state index >= 15 is 0 Å². The molecule has 2 aliphatic heterocycles. The number of methoxy groups -OCH3 is 1. The average Bonchev–Trinajstić information content (AvgIpc) is 2.66. The summed E-state index contributed by atoms with van der Waals surface area (Å²) < 4.78 is 51.2. The molecule has 0 spiro atoms. The molecule has 4 rings (SSSR count). The molecule has 3 nitrogen and oxygen atoms in total. The maximum Gasteiger partial charge on any atom is 0.416 e. The summed E-state index contributed by atoms with van der Waals surface area (Å²) in [5.41, 5.74) is 1.45. The summed E-state index contributed by atoms with van der Waals surface area (Å²) in [4.78, 5) is 0. The van der Waals surface area contributed by atoms with Gasteiger partial charge in [-0.2, -0.15) is 13.2 Å². The van der Waals surface area contributed by atoms with Gasteiger partial charge in [-0.25, -0.2) is 0 Å². The summed E-state index contributed by atoms with van der Waals surface area (Å²) in [5, 5.41) is 3.70. The second-order valence-electron chi connectivity index (χ2n) is 6.88. The Morgan fingerprint density at radius 2 is 2.00 bits per heavy atom. The normalized spacial score (nSPS) is 24.6. The van der Waals surface area contributed by atoms with Gasteiger partial charge in [0.25, 0.3) is 0 Å². The Kier molecular flexibility index (Phi) is 4.72. The fourth-order valence-electron chi connectivity index (χ4n) is 4.11. The number of benzene rings is 2. The number of rotatable bonds is 2. The van der Waals surface area contributed by atoms with Crippen molar-refractivity contribution in [3.63, 3.8) is 0 Å². The number of anilines is 1. The quantitative estimate of drug-likeness (QED) is 0.674. The van der Waals surface area contributed by atoms with Gasteiger partial charge in [0.05, 0.1) is 30.5 Å². The second-order valence-corrected chi connectivity index (χ2v) is 7.29. The predicted octanol–water partition coefficient (Wildman–Crippen LogP) is 6.00. The van der Waals surface area contributed by atoms with Crippen molar-refractivity contribution in [3.8, 4) is 5.75 Å². The molecule has 2 aromatic carbocycles. The highest BCUT2D eigenvalue weighted by Gasteiger charge is 2.42. The highest BCUT2D eigenvalue weighted by molar-refractivity contribution is 6.31. The Bertz CT molecular complexity index is 856. The van der Waals surface area contributed by atoms with Gasteiger partial charge >= 0.3 is 6.18 Å². The molecule has 144 valence electrons. The maximum absolute atomic E-state index is 13.2. The molecule has 3 unspecified atom stereocenters. The van der Waals surface area contributed by atoms with E-state index < -0.39 is 17.8 Å². The molecule has 0 amide bonds. The molecule has 2 heterocycles. The summed E-state index contributed by atoms with van der Waals surface area (Å²) in [6, 6.07) is 8.76. The molecule has 2 aliphatic rings. The van der Waals surface area contributed by atoms with Gasteiger partial charge in [0.15, 0.2) is 0 Å². The van der Waals surface area contributed by atoms with Crippen molar-refractivity contribution >= 4 is 17.3 Å². The topological polar surface area (TPSA) is 30.5 Å². The first-order chi connectivity index (χ1) is 12.9. The molecule has 1 N–H and O–H groups in total. The van der Waals surface area contributed by atoms with E-state index in [1.807, 2.05) is 18.2 Å². The number of nitrogens with one attached hydrogen (secondary N) is 1. The van der Waals surface area contributed by atoms with Crippen LogP contribution in [0.5, 0.6) is 5.75 Å². The van der Waals surface area contributed by atoms with Gasteiger partial charge in [-0.05, 0) is 42.7 Å². The molecule has 7 heteroatoms. The molecule has 0 radical (unpaired) electrons. The molecule has 1 saturated heterocycles. The van der Waals surface area contributed by atoms with E-state index in [1.54, 1.807) is 7.11 Å². The third kappa shape index (κ3) is 3.25. The summed E-state index contributed by atoms with van der Waals surface area (Å²) in [7, 11) is 1.57. The first kappa shape index (κ1) is 18.4. The van der Waals surface area contributed by atoms with Crippen LogP contribution in [0.15, 0.2) is 36.4 Å². The number of ether oxygens (including phenoxy) is 2. The van der Waals surface area contributed by atoms with Gasteiger partial charge < -0.3 is 14.8 Å². The number of para-hydroxylation sites is 1. The Morgan fingerprint density at radius 1 is 1.19 bits per heavy atom. The standard InChI is InChI=1S/C20H19ClF3NO2/c1-26-16-6-2-4-13-18(16)25-17(12-5-3-9-27-19(12)13)14-10-11(20(22,23)24)7-8-15(14)21/h2,4,6-8,10,12,17,19,25H,3,5,9H2,1H3. The second kappa shape index (κ2) is 6.91. The van der Waals surface area contributed by atoms with Crippen LogP contribution in [0.1, 0.15) is 41.7 Å². The van der Waals surface area contributed by atoms with Crippen molar-refractivity contribution in [1.29, 1.82) is 0 Å². The zero-order chi connectivity index (χ0) is 19.2. The molecule has 2 aromatic rings. The molecule has 0 bridgehead atoms. The lowest BCUT2D eigenvalue weighted by Gasteiger charge is -2.44. The van der Waals surface area contributed by atoms with Gasteiger partial charge in [-0.15, -0.1) is 0 Å². The molecule has 27 heavy (non-hydrogen) atoms. The van der Waals surface area contributed by atoms with Crippen LogP contribution in [0.2, 0.25) is 5.02 Å². The number of halogens is 4. The Balaban J connectivity index is 1.83. The van der Waals surface area contributed by atoms with Gasteiger partial charge in [-0.3, -0.25) is 0 Å². The van der Waals surface area contributed by atoms with Crippen LogP contribution in [0, 0.1) is 5.92 Å². The van der Waals surface area contributed by atoms with Crippen LogP contribution in [0.25, 0.3) is 0 Å². The zero-order valence-corrected chi connectivity index (χ0v) is 15.4. The van der Waals surface area contributed by atoms with E-state index in [1.165, 1.54) is 6.07 Å². The lowest BCUT2D eigenvalue weighted by Crippen LogP contribution is -2.36. The predicted molar refractivity (Wildman–Crippen MR) is 97.2 cm³/mol. The third-order valence-corrected chi connectivity index (χ3v) is 5.68. The minimum absolute atomic E-state index is 0.0145. The summed E-state index contributed by atoms with van der Waals surface area (Å²) in [5.74, 6) is 0.618. The van der Waals surface area contributed by atoms with Crippen LogP contribution in [-0.4, -0.2) is 13.7 Å². The average molecular weight is 398 g/mol. The van der Waals surface area contributed by atoms with E-state index in [4.69, 9.17) is 21.1 Å². The molecular formula is C20H19ClF3NO2. The van der Waals surface area contributed by atoms with Gasteiger partial charge in [-0.1, -0.05) is 23.7 Å². The monoisotopic (exact) mass is 397 g/mol. The number of hydrogen-bond acceptors (Lipinski definition) is 3. The molecular weight excluding hydrogens is 379 g/mol. The highest BCUT2D eigenvalue weighted by atomic mass is 35.5. The molecule has 0 aliphatic carbocycles. The molecule has 0 aromatic heterocycles. The summed E-state index contributed by atoms with van der Waals surface area (Å²) in [6.07, 6.45) is -2.94. The fourth-order valence-corrected chi connectivity index (χ4v) is 4.34. The Hall–Kier alpha value is -1.92. The lowest BCUT2D eigenvalue weighted by atomic mass is 9.77. The van der Waals surface area contributed by atoms with E-state index in [2.05, 4.69) is 5.32 Å². The largest absolute Gasteiger partial charge is 0.495 e. The minimum atomic E-state index is -4.42. The van der Waals surface area contributed by atoms with Crippen molar-refractivity contribution in [2.24, 2.45) is 5.92 Å². The summed E-state index contributed by atoms with van der Waals surface area (Å²) in [6.45, 7) is 0.626. The lowest BCUT2D eigenvalue weighted by molar-refractivity contribution is -0.137. The van der Waals surface area contributed by atoms with E-state index in [-0.39, 0.29) is 12.0 Å². The van der Waals surface area contributed by atoms with Crippen LogP contribution in [0.3, 0.4) is 0 Å². The number of fused-ring (bicyclic) bond motifs is 3. The van der Waals surface area contributed by atoms with Gasteiger partial charge in [0.1, 0.15) is 5.75 Å². The smallest absolute Gasteiger partial charge is 0.416 e. The van der Waals surface area contributed by atoms with E-state index in [0.29, 0.717) is 22.9 Å². The van der Waals surface area contributed by atoms with E-state index in [0.717, 1.165) is 36.2 Å². The van der Waals surface area contributed by atoms with E-state index in [9.17, 15) is 13.2 Å². The fraction of sp³-hybridized carbons (Fsp3) is 0.400. The van der Waals surface area contributed by atoms with Crippen molar-refractivity contribution in [2.45, 2.75) is 31.2 Å². The van der Waals surface area contributed by atoms with Gasteiger partial charge in [0.2, 0.25) is 0 Å². The van der Waals surface area contributed by atoms with Crippen molar-refractivity contribution in [1.82, 2.24) is 0 Å². The van der Waals surface area contributed by atoms with Gasteiger partial charge in [0, 0.05) is 23.1 Å². The van der Waals surface area contributed by atoms with Crippen molar-refractivity contribution in [3.05, 3.63) is 58.1 Å². The highest BCUT2D eigenvalue weighted by Crippen LogP contribution is 2.52. The Morgan fingerprint density at radius 3 is 2.74 bits per heavy atom. The van der Waals surface area contributed by atoms with Crippen LogP contribution in [-0.2, 0) is 10.9 Å². The van der Waals surface area contributed by atoms with Crippen molar-refractivity contribution < 1.29 is 22.6 Å². The van der Waals surface area contributed by atoms with Crippen LogP contribution in [0.4, 0.5) is 18.9 Å². The third-order valence-electron chi connectivity index (χ3n) is 5.34. The van der Waals surface area contributed by atoms with Crippen molar-refractivity contribution in [2.75, 3.05) is 19.0 Å². The Labute approximate surface area is 160 Å². The minimum Gasteiger partial charge on any atom is -0.495 e. The number of hydrogen-bond donors (Lipinski definition) is 1. The molecule has 0 saturated carbocycles. The molecule has 3 atom stereocenters. The van der Waals surface area contributed by atoms with Crippen LogP contribution >= 0.6 is 11.6 Å². The first-order valence-electron chi connectivity index (χ1n) is 8.82. The zero-order valence-electron chi connectivity index (χ0n) is 14.6. The van der Waals surface area contributed by atoms with Crippen LogP contribution < -0.4 is 10.1 Å². The summed E-state index contributed by atoms with van der Waals surface area (Å²) >= 11 is 6.33. The first-order valence-corrected chi connectivity index (χ1v) is 9.19. The number of alkyl halides is 3. The maximum atomic E-state index is 13.2. The molecule has 1 fully saturated rings. The SMILES string of the molecule is COc1cccc2c1NC(c1cc(C(F)(F)F)ccc1Cl)C1CCCOC21.